The number of guanidine groups is 1. The molecule has 0 fully saturated rings. The standard InChI is InChI=1S/C20H28N4O.HI/c1-16(2)10-12-23-20(21-3)24-14-17-7-6-9-19(13-17)25-15-18-8-4-5-11-22-18;/h4-9,11,13,16H,10,12,14-15H2,1-3H3,(H2,21,23,24);1H. The molecule has 2 N–H and O–H groups in total. The second-order valence-electron chi connectivity index (χ2n) is 6.29. The largest absolute Gasteiger partial charge is 0.487 e. The van der Waals surface area contributed by atoms with Crippen molar-refractivity contribution in [2.45, 2.75) is 33.4 Å². The number of ether oxygens (including phenoxy) is 1. The lowest BCUT2D eigenvalue weighted by molar-refractivity contribution is 0.301. The summed E-state index contributed by atoms with van der Waals surface area (Å²) in [7, 11) is 1.79. The molecule has 142 valence electrons. The van der Waals surface area contributed by atoms with Gasteiger partial charge in [0.25, 0.3) is 0 Å². The topological polar surface area (TPSA) is 58.5 Å². The SMILES string of the molecule is CN=C(NCCC(C)C)NCc1cccc(OCc2ccccn2)c1.I. The van der Waals surface area contributed by atoms with Gasteiger partial charge < -0.3 is 15.4 Å². The van der Waals surface area contributed by atoms with E-state index in [9.17, 15) is 0 Å². The Hall–Kier alpha value is -1.83. The third-order valence-corrected chi connectivity index (χ3v) is 3.71. The first-order valence-corrected chi connectivity index (χ1v) is 8.73. The number of benzene rings is 1. The fraction of sp³-hybridized carbons (Fsp3) is 0.400. The molecule has 0 amide bonds. The number of halogens is 1. The van der Waals surface area contributed by atoms with Gasteiger partial charge in [0.05, 0.1) is 5.69 Å². The Morgan fingerprint density at radius 2 is 2.00 bits per heavy atom. The highest BCUT2D eigenvalue weighted by Crippen LogP contribution is 2.14. The summed E-state index contributed by atoms with van der Waals surface area (Å²) in [5.74, 6) is 2.34. The van der Waals surface area contributed by atoms with E-state index in [0.717, 1.165) is 35.9 Å². The normalized spacial score (nSPS) is 11.0. The van der Waals surface area contributed by atoms with Crippen molar-refractivity contribution >= 4 is 29.9 Å². The second kappa shape index (κ2) is 12.5. The smallest absolute Gasteiger partial charge is 0.191 e. The predicted octanol–water partition coefficient (Wildman–Crippen LogP) is 3.99. The van der Waals surface area contributed by atoms with Crippen molar-refractivity contribution in [1.29, 1.82) is 0 Å². The van der Waals surface area contributed by atoms with Crippen LogP contribution in [-0.2, 0) is 13.2 Å². The van der Waals surface area contributed by atoms with Gasteiger partial charge in [-0.1, -0.05) is 32.0 Å². The molecule has 6 heteroatoms. The van der Waals surface area contributed by atoms with Crippen LogP contribution in [0.15, 0.2) is 53.7 Å². The average Bonchev–Trinajstić information content (AvgIpc) is 2.64. The van der Waals surface area contributed by atoms with Gasteiger partial charge in [-0.15, -0.1) is 24.0 Å². The van der Waals surface area contributed by atoms with Gasteiger partial charge in [-0.25, -0.2) is 0 Å². The highest BCUT2D eigenvalue weighted by molar-refractivity contribution is 14.0. The van der Waals surface area contributed by atoms with Gasteiger partial charge in [0, 0.05) is 26.3 Å². The van der Waals surface area contributed by atoms with Crippen molar-refractivity contribution in [3.8, 4) is 5.75 Å². The van der Waals surface area contributed by atoms with Crippen LogP contribution in [0.25, 0.3) is 0 Å². The van der Waals surface area contributed by atoms with Gasteiger partial charge in [-0.05, 0) is 42.2 Å². The molecule has 5 nitrogen and oxygen atoms in total. The number of aromatic nitrogens is 1. The minimum atomic E-state index is 0. The van der Waals surface area contributed by atoms with Crippen LogP contribution in [0.3, 0.4) is 0 Å². The summed E-state index contributed by atoms with van der Waals surface area (Å²) in [6.07, 6.45) is 2.90. The molecule has 0 aliphatic carbocycles. The molecule has 0 aliphatic heterocycles. The molecule has 26 heavy (non-hydrogen) atoms. The van der Waals surface area contributed by atoms with E-state index >= 15 is 0 Å². The Kier molecular flexibility index (Phi) is 10.7. The Bertz CT molecular complexity index is 662. The molecule has 1 heterocycles. The zero-order valence-electron chi connectivity index (χ0n) is 15.7. The number of hydrogen-bond donors (Lipinski definition) is 2. The fourth-order valence-electron chi connectivity index (χ4n) is 2.27. The zero-order valence-corrected chi connectivity index (χ0v) is 18.1. The molecule has 0 aliphatic rings. The first-order chi connectivity index (χ1) is 12.2. The zero-order chi connectivity index (χ0) is 17.9. The summed E-state index contributed by atoms with van der Waals surface area (Å²) < 4.78 is 5.82. The van der Waals surface area contributed by atoms with E-state index in [1.54, 1.807) is 13.2 Å². The predicted molar refractivity (Wildman–Crippen MR) is 118 cm³/mol. The van der Waals surface area contributed by atoms with Crippen LogP contribution in [0, 0.1) is 5.92 Å². The number of aliphatic imine (C=N–C) groups is 1. The third kappa shape index (κ3) is 8.51. The molecular weight excluding hydrogens is 439 g/mol. The maximum atomic E-state index is 5.82. The van der Waals surface area contributed by atoms with Gasteiger partial charge >= 0.3 is 0 Å². The number of rotatable bonds is 8. The Morgan fingerprint density at radius 3 is 2.69 bits per heavy atom. The molecule has 2 rings (SSSR count). The number of nitrogens with one attached hydrogen (secondary N) is 2. The van der Waals surface area contributed by atoms with Crippen molar-refractivity contribution in [1.82, 2.24) is 15.6 Å². The van der Waals surface area contributed by atoms with Crippen molar-refractivity contribution in [2.24, 2.45) is 10.9 Å². The lowest BCUT2D eigenvalue weighted by Crippen LogP contribution is -2.37. The molecule has 0 spiro atoms. The minimum Gasteiger partial charge on any atom is -0.487 e. The summed E-state index contributed by atoms with van der Waals surface area (Å²) in [5.41, 5.74) is 2.06. The van der Waals surface area contributed by atoms with Crippen molar-refractivity contribution < 1.29 is 4.74 Å². The van der Waals surface area contributed by atoms with E-state index in [4.69, 9.17) is 4.74 Å². The van der Waals surface area contributed by atoms with E-state index in [-0.39, 0.29) is 24.0 Å². The van der Waals surface area contributed by atoms with Crippen molar-refractivity contribution in [2.75, 3.05) is 13.6 Å². The molecule has 1 aromatic carbocycles. The Balaban J connectivity index is 0.00000338. The second-order valence-corrected chi connectivity index (χ2v) is 6.29. The van der Waals surface area contributed by atoms with Crippen LogP contribution in [0.2, 0.25) is 0 Å². The molecule has 2 aromatic rings. The van der Waals surface area contributed by atoms with Gasteiger partial charge in [-0.2, -0.15) is 0 Å². The molecule has 0 atom stereocenters. The molecule has 0 saturated heterocycles. The van der Waals surface area contributed by atoms with Crippen LogP contribution in [0.4, 0.5) is 0 Å². The van der Waals surface area contributed by atoms with E-state index in [2.05, 4.69) is 40.5 Å². The van der Waals surface area contributed by atoms with Gasteiger partial charge in [-0.3, -0.25) is 9.98 Å². The summed E-state index contributed by atoms with van der Waals surface area (Å²) in [6, 6.07) is 13.9. The molecule has 0 unspecified atom stereocenters. The van der Waals surface area contributed by atoms with Crippen LogP contribution in [-0.4, -0.2) is 24.5 Å². The lowest BCUT2D eigenvalue weighted by atomic mass is 10.1. The molecule has 0 bridgehead atoms. The van der Waals surface area contributed by atoms with Crippen LogP contribution in [0.1, 0.15) is 31.5 Å². The van der Waals surface area contributed by atoms with Crippen molar-refractivity contribution in [3.05, 3.63) is 59.9 Å². The number of pyridine rings is 1. The summed E-state index contributed by atoms with van der Waals surface area (Å²) >= 11 is 0. The Labute approximate surface area is 173 Å². The average molecular weight is 468 g/mol. The maximum Gasteiger partial charge on any atom is 0.191 e. The van der Waals surface area contributed by atoms with Crippen LogP contribution >= 0.6 is 24.0 Å². The van der Waals surface area contributed by atoms with Crippen LogP contribution < -0.4 is 15.4 Å². The number of hydrogen-bond acceptors (Lipinski definition) is 3. The van der Waals surface area contributed by atoms with Gasteiger partial charge in [0.15, 0.2) is 5.96 Å². The lowest BCUT2D eigenvalue weighted by Gasteiger charge is -2.13. The fourth-order valence-corrected chi connectivity index (χ4v) is 2.27. The molecule has 1 aromatic heterocycles. The molecule has 0 saturated carbocycles. The van der Waals surface area contributed by atoms with E-state index in [0.29, 0.717) is 19.1 Å². The highest BCUT2D eigenvalue weighted by atomic mass is 127. The van der Waals surface area contributed by atoms with Crippen LogP contribution in [0.5, 0.6) is 5.75 Å². The highest BCUT2D eigenvalue weighted by Gasteiger charge is 2.02. The van der Waals surface area contributed by atoms with E-state index < -0.39 is 0 Å². The quantitative estimate of drug-likeness (QED) is 0.350. The minimum absolute atomic E-state index is 0. The van der Waals surface area contributed by atoms with Gasteiger partial charge in [0.1, 0.15) is 12.4 Å². The first kappa shape index (κ1) is 22.2. The van der Waals surface area contributed by atoms with E-state index in [1.807, 2.05) is 36.4 Å². The third-order valence-electron chi connectivity index (χ3n) is 3.71. The maximum absolute atomic E-state index is 5.82. The first-order valence-electron chi connectivity index (χ1n) is 8.73. The monoisotopic (exact) mass is 468 g/mol. The summed E-state index contributed by atoms with van der Waals surface area (Å²) in [6.45, 7) is 6.52. The van der Waals surface area contributed by atoms with E-state index in [1.165, 1.54) is 0 Å². The number of nitrogens with zero attached hydrogens (tertiary/aromatic N) is 2. The molecule has 0 radical (unpaired) electrons. The van der Waals surface area contributed by atoms with Crippen molar-refractivity contribution in [3.63, 3.8) is 0 Å². The summed E-state index contributed by atoms with van der Waals surface area (Å²) in [5, 5.41) is 6.66. The van der Waals surface area contributed by atoms with Gasteiger partial charge in [0.2, 0.25) is 0 Å². The summed E-state index contributed by atoms with van der Waals surface area (Å²) in [4.78, 5) is 8.52. The Morgan fingerprint density at radius 1 is 1.15 bits per heavy atom. The molecular formula is C20H29IN4O.